The van der Waals surface area contributed by atoms with Gasteiger partial charge >= 0.3 is 0 Å². The maximum atomic E-state index is 14.7. The molecule has 0 radical (unpaired) electrons. The highest BCUT2D eigenvalue weighted by Crippen LogP contribution is 2.40. The van der Waals surface area contributed by atoms with Crippen LogP contribution in [0.15, 0.2) is 24.4 Å². The van der Waals surface area contributed by atoms with Gasteiger partial charge in [-0.1, -0.05) is 12.5 Å². The summed E-state index contributed by atoms with van der Waals surface area (Å²) in [7, 11) is 0. The quantitative estimate of drug-likeness (QED) is 0.554. The molecule has 2 aromatic heterocycles. The molecule has 7 nitrogen and oxygen atoms in total. The molecule has 0 amide bonds. The first-order valence-corrected chi connectivity index (χ1v) is 12.4. The second kappa shape index (κ2) is 8.80. The van der Waals surface area contributed by atoms with Gasteiger partial charge in [0.2, 0.25) is 5.95 Å². The molecule has 10 heteroatoms. The fraction of sp³-hybridized carbons (Fsp3) is 0.520. The highest BCUT2D eigenvalue weighted by atomic mass is 19.2. The molecule has 2 aliphatic heterocycles. The lowest BCUT2D eigenvalue weighted by Crippen LogP contribution is -2.48. The minimum Gasteiger partial charge on any atom is -0.369 e. The van der Waals surface area contributed by atoms with Crippen LogP contribution in [0.4, 0.5) is 24.8 Å². The average molecular weight is 484 g/mol. The third kappa shape index (κ3) is 4.02. The molecule has 1 aromatic carbocycles. The molecule has 2 bridgehead atoms. The molecule has 1 aliphatic carbocycles. The van der Waals surface area contributed by atoms with Crippen LogP contribution >= 0.6 is 0 Å². The molecule has 4 heterocycles. The maximum absolute atomic E-state index is 14.7. The summed E-state index contributed by atoms with van der Waals surface area (Å²) in [6, 6.07) is 4.66. The number of halogens is 3. The largest absolute Gasteiger partial charge is 0.369 e. The third-order valence-corrected chi connectivity index (χ3v) is 7.82. The smallest absolute Gasteiger partial charge is 0.242 e. The van der Waals surface area contributed by atoms with Crippen molar-refractivity contribution in [3.05, 3.63) is 58.9 Å². The number of anilines is 2. The van der Waals surface area contributed by atoms with Gasteiger partial charge in [0, 0.05) is 37.2 Å². The lowest BCUT2D eigenvalue weighted by atomic mass is 9.92. The van der Waals surface area contributed by atoms with Crippen LogP contribution in [0.25, 0.3) is 0 Å². The second-order valence-corrected chi connectivity index (χ2v) is 10.1. The van der Waals surface area contributed by atoms with Gasteiger partial charge in [-0.25, -0.2) is 17.9 Å². The Labute approximate surface area is 201 Å². The van der Waals surface area contributed by atoms with E-state index in [4.69, 9.17) is 10.1 Å². The van der Waals surface area contributed by atoms with Crippen molar-refractivity contribution in [3.8, 4) is 0 Å². The standard InChI is InChI=1S/C25H28F3N7/c1-14-10-17(11-29-32-14)34-12-15-5-6-16(13-34)23(15)30-25-31-24-19(4-2-3-9-35(24)33-25)18-7-8-20(26)22(28)21(18)27/h7-8,10-11,15-16,19,23H,2-6,9,12-13H2,1H3,(H,30,33)/t15-,16+,19-,23+/m1/s1. The monoisotopic (exact) mass is 483 g/mol. The Bertz CT molecular complexity index is 1230. The molecule has 1 saturated carbocycles. The van der Waals surface area contributed by atoms with E-state index in [9.17, 15) is 13.2 Å². The van der Waals surface area contributed by atoms with Gasteiger partial charge in [0.05, 0.1) is 17.6 Å². The van der Waals surface area contributed by atoms with E-state index < -0.39 is 23.4 Å². The molecule has 2 fully saturated rings. The van der Waals surface area contributed by atoms with Crippen LogP contribution in [0.1, 0.15) is 55.1 Å². The molecular formula is C25H28F3N7. The van der Waals surface area contributed by atoms with E-state index in [-0.39, 0.29) is 11.6 Å². The molecule has 3 aromatic rings. The number of rotatable bonds is 4. The highest BCUT2D eigenvalue weighted by molar-refractivity contribution is 5.46. The maximum Gasteiger partial charge on any atom is 0.242 e. The van der Waals surface area contributed by atoms with Crippen LogP contribution in [-0.4, -0.2) is 44.1 Å². The summed E-state index contributed by atoms with van der Waals surface area (Å²) in [6.45, 7) is 4.48. The van der Waals surface area contributed by atoms with Crippen LogP contribution in [0, 0.1) is 36.2 Å². The fourth-order valence-electron chi connectivity index (χ4n) is 6.13. The summed E-state index contributed by atoms with van der Waals surface area (Å²) in [4.78, 5) is 7.16. The van der Waals surface area contributed by atoms with Crippen LogP contribution in [0.3, 0.4) is 0 Å². The van der Waals surface area contributed by atoms with Gasteiger partial charge in [0.25, 0.3) is 0 Å². The zero-order valence-electron chi connectivity index (χ0n) is 19.6. The van der Waals surface area contributed by atoms with Crippen LogP contribution in [0.5, 0.6) is 0 Å². The van der Waals surface area contributed by atoms with Gasteiger partial charge in [0.15, 0.2) is 17.5 Å². The summed E-state index contributed by atoms with van der Waals surface area (Å²) in [5.41, 5.74) is 2.16. The van der Waals surface area contributed by atoms with Crippen LogP contribution in [-0.2, 0) is 6.54 Å². The summed E-state index contributed by atoms with van der Waals surface area (Å²) < 4.78 is 44.0. The number of piperidine rings is 1. The van der Waals surface area contributed by atoms with Crippen LogP contribution < -0.4 is 10.2 Å². The molecule has 1 N–H and O–H groups in total. The minimum absolute atomic E-state index is 0.139. The number of nitrogens with one attached hydrogen (secondary N) is 1. The van der Waals surface area contributed by atoms with Crippen molar-refractivity contribution in [1.29, 1.82) is 0 Å². The van der Waals surface area contributed by atoms with Crippen molar-refractivity contribution in [1.82, 2.24) is 25.0 Å². The van der Waals surface area contributed by atoms with Crippen molar-refractivity contribution in [3.63, 3.8) is 0 Å². The van der Waals surface area contributed by atoms with Crippen molar-refractivity contribution >= 4 is 11.6 Å². The van der Waals surface area contributed by atoms with E-state index in [1.165, 1.54) is 6.07 Å². The molecular weight excluding hydrogens is 455 g/mol. The molecule has 4 atom stereocenters. The van der Waals surface area contributed by atoms with Gasteiger partial charge in [-0.15, -0.1) is 5.10 Å². The van der Waals surface area contributed by atoms with E-state index in [0.717, 1.165) is 56.2 Å². The van der Waals surface area contributed by atoms with E-state index in [2.05, 4.69) is 26.5 Å². The molecule has 3 aliphatic rings. The minimum atomic E-state index is -1.43. The second-order valence-electron chi connectivity index (χ2n) is 10.1. The van der Waals surface area contributed by atoms with E-state index >= 15 is 0 Å². The predicted octanol–water partition coefficient (Wildman–Crippen LogP) is 4.44. The Balaban J connectivity index is 1.24. The predicted molar refractivity (Wildman–Crippen MR) is 125 cm³/mol. The van der Waals surface area contributed by atoms with Crippen molar-refractivity contribution in [2.75, 3.05) is 23.3 Å². The third-order valence-electron chi connectivity index (χ3n) is 7.82. The van der Waals surface area contributed by atoms with E-state index in [1.54, 1.807) is 0 Å². The topological polar surface area (TPSA) is 71.8 Å². The summed E-state index contributed by atoms with van der Waals surface area (Å²) >= 11 is 0. The van der Waals surface area contributed by atoms with Crippen molar-refractivity contribution < 1.29 is 13.2 Å². The normalized spacial score (nSPS) is 25.9. The van der Waals surface area contributed by atoms with Gasteiger partial charge in [0.1, 0.15) is 5.82 Å². The molecule has 184 valence electrons. The molecule has 6 rings (SSSR count). The Morgan fingerprint density at radius 3 is 2.57 bits per heavy atom. The summed E-state index contributed by atoms with van der Waals surface area (Å²) in [6.07, 6.45) is 6.41. The van der Waals surface area contributed by atoms with Crippen LogP contribution in [0.2, 0.25) is 0 Å². The van der Waals surface area contributed by atoms with Gasteiger partial charge in [-0.3, -0.25) is 0 Å². The SMILES string of the molecule is Cc1cc(N2C[C@H]3CC[C@@H](C2)[C@H]3Nc2nc3n(n2)CCCC[C@@H]3c2ccc(F)c(F)c2F)cnn1. The first-order chi connectivity index (χ1) is 17.0. The van der Waals surface area contributed by atoms with E-state index in [1.807, 2.05) is 17.8 Å². The fourth-order valence-corrected chi connectivity index (χ4v) is 6.13. The molecule has 0 unspecified atom stereocenters. The Morgan fingerprint density at radius 1 is 1.00 bits per heavy atom. The van der Waals surface area contributed by atoms with Crippen molar-refractivity contribution in [2.45, 2.75) is 57.5 Å². The molecule has 35 heavy (non-hydrogen) atoms. The number of hydrogen-bond donors (Lipinski definition) is 1. The molecule has 1 saturated heterocycles. The summed E-state index contributed by atoms with van der Waals surface area (Å²) in [5.74, 6) is -2.16. The van der Waals surface area contributed by atoms with Gasteiger partial charge in [-0.2, -0.15) is 15.2 Å². The first kappa shape index (κ1) is 22.3. The zero-order valence-corrected chi connectivity index (χ0v) is 19.6. The lowest BCUT2D eigenvalue weighted by molar-refractivity contribution is 0.376. The van der Waals surface area contributed by atoms with Gasteiger partial charge < -0.3 is 10.2 Å². The number of fused-ring (bicyclic) bond motifs is 3. The van der Waals surface area contributed by atoms with Crippen molar-refractivity contribution in [2.24, 2.45) is 11.8 Å². The number of aromatic nitrogens is 5. The Morgan fingerprint density at radius 2 is 1.80 bits per heavy atom. The Kier molecular flexibility index (Phi) is 5.61. The van der Waals surface area contributed by atoms with Gasteiger partial charge in [-0.05, 0) is 56.6 Å². The average Bonchev–Trinajstić information content (AvgIpc) is 3.25. The first-order valence-electron chi connectivity index (χ1n) is 12.4. The number of benzene rings is 1. The zero-order chi connectivity index (χ0) is 24.1. The summed E-state index contributed by atoms with van der Waals surface area (Å²) in [5, 5.41) is 16.5. The lowest BCUT2D eigenvalue weighted by Gasteiger charge is -2.39. The number of aryl methyl sites for hydroxylation is 2. The number of hydrogen-bond acceptors (Lipinski definition) is 6. The highest BCUT2D eigenvalue weighted by Gasteiger charge is 2.43. The Hall–Kier alpha value is -3.17. The van der Waals surface area contributed by atoms with E-state index in [0.29, 0.717) is 36.6 Å². The number of nitrogens with zero attached hydrogens (tertiary/aromatic N) is 6. The molecule has 0 spiro atoms.